The molecule has 0 saturated heterocycles. The number of ketones is 1. The third kappa shape index (κ3) is 8.13. The average Bonchev–Trinajstić information content (AvgIpc) is 3.37. The summed E-state index contributed by atoms with van der Waals surface area (Å²) in [7, 11) is 0. The number of hydrogen-bond donors (Lipinski definition) is 3. The number of hydrogen-bond acceptors (Lipinski definition) is 8. The van der Waals surface area contributed by atoms with Crippen molar-refractivity contribution in [3.05, 3.63) is 35.3 Å². The Labute approximate surface area is 226 Å². The minimum atomic E-state index is -1.54. The molecule has 0 fully saturated rings. The van der Waals surface area contributed by atoms with E-state index in [0.717, 1.165) is 25.3 Å². The van der Waals surface area contributed by atoms with E-state index in [1.165, 1.54) is 83.3 Å². The van der Waals surface area contributed by atoms with Crippen LogP contribution in [0.4, 0.5) is 0 Å². The van der Waals surface area contributed by atoms with Gasteiger partial charge < -0.3 is 29.5 Å². The fourth-order valence-corrected chi connectivity index (χ4v) is 5.12. The van der Waals surface area contributed by atoms with Crippen molar-refractivity contribution in [3.8, 4) is 11.5 Å². The normalized spacial score (nSPS) is 21.1. The van der Waals surface area contributed by atoms with E-state index < -0.39 is 24.0 Å². The molecule has 0 aromatic heterocycles. The monoisotopic (exact) mass is 532 g/mol. The van der Waals surface area contributed by atoms with Gasteiger partial charge in [-0.3, -0.25) is 4.79 Å². The van der Waals surface area contributed by atoms with E-state index in [1.54, 1.807) is 0 Å². The van der Waals surface area contributed by atoms with Gasteiger partial charge in [0.25, 0.3) is 11.5 Å². The smallest absolute Gasteiger partial charge is 0.378 e. The van der Waals surface area contributed by atoms with Gasteiger partial charge in [-0.1, -0.05) is 84.0 Å². The fourth-order valence-electron chi connectivity index (χ4n) is 5.12. The zero-order valence-corrected chi connectivity index (χ0v) is 22.9. The van der Waals surface area contributed by atoms with Crippen molar-refractivity contribution in [2.75, 3.05) is 0 Å². The maximum atomic E-state index is 12.5. The SMILES string of the molecule is CCCCCCCCCCCCCCCC(=O)CC(O)C1OC(=O)C2=C1OC(C)(c1ccc(O)cc1O)O2. The Morgan fingerprint density at radius 2 is 1.50 bits per heavy atom. The predicted molar refractivity (Wildman–Crippen MR) is 142 cm³/mol. The molecule has 0 bridgehead atoms. The van der Waals surface area contributed by atoms with E-state index >= 15 is 0 Å². The number of phenolic OH excluding ortho intramolecular Hbond substituents is 2. The van der Waals surface area contributed by atoms with Crippen LogP contribution in [0.15, 0.2) is 29.7 Å². The highest BCUT2D eigenvalue weighted by Crippen LogP contribution is 2.47. The summed E-state index contributed by atoms with van der Waals surface area (Å²) in [6.45, 7) is 3.75. The van der Waals surface area contributed by atoms with E-state index in [1.807, 2.05) is 0 Å². The van der Waals surface area contributed by atoms with Gasteiger partial charge in [0.15, 0.2) is 11.9 Å². The van der Waals surface area contributed by atoms with Gasteiger partial charge >= 0.3 is 5.97 Å². The van der Waals surface area contributed by atoms with Gasteiger partial charge in [0.2, 0.25) is 0 Å². The van der Waals surface area contributed by atoms with E-state index in [9.17, 15) is 24.9 Å². The summed E-state index contributed by atoms with van der Waals surface area (Å²) in [6.07, 6.45) is 13.8. The molecular formula is C30H44O8. The number of cyclic esters (lactones) is 1. The van der Waals surface area contributed by atoms with Gasteiger partial charge in [-0.15, -0.1) is 0 Å². The Hall–Kier alpha value is -2.74. The number of aliphatic hydroxyl groups is 1. The van der Waals surface area contributed by atoms with E-state index in [4.69, 9.17) is 14.2 Å². The standard InChI is InChI=1S/C30H44O8/c1-3-4-5-6-7-8-9-10-11-12-13-14-15-16-21(31)20-25(34)26-27-28(29(35)36-26)38-30(2,37-27)23-18-17-22(32)19-24(23)33/h17-19,25-26,32-34H,3-16,20H2,1-2H3. The summed E-state index contributed by atoms with van der Waals surface area (Å²) in [5.74, 6) is -3.02. The number of phenols is 2. The van der Waals surface area contributed by atoms with Gasteiger partial charge in [-0.25, -0.2) is 4.79 Å². The van der Waals surface area contributed by atoms with Crippen LogP contribution in [0.3, 0.4) is 0 Å². The first-order valence-electron chi connectivity index (χ1n) is 14.3. The number of ether oxygens (including phenoxy) is 3. The second-order valence-corrected chi connectivity index (χ2v) is 10.7. The maximum Gasteiger partial charge on any atom is 0.378 e. The third-order valence-electron chi connectivity index (χ3n) is 7.32. The van der Waals surface area contributed by atoms with Crippen LogP contribution in [0.2, 0.25) is 0 Å². The number of esters is 1. The molecule has 212 valence electrons. The van der Waals surface area contributed by atoms with Crippen LogP contribution in [-0.4, -0.2) is 39.3 Å². The van der Waals surface area contributed by atoms with Crippen molar-refractivity contribution in [1.29, 1.82) is 0 Å². The van der Waals surface area contributed by atoms with Crippen LogP contribution in [0.25, 0.3) is 0 Å². The largest absolute Gasteiger partial charge is 0.508 e. The molecule has 3 unspecified atom stereocenters. The highest BCUT2D eigenvalue weighted by atomic mass is 16.8. The number of rotatable bonds is 18. The Kier molecular flexibility index (Phi) is 11.3. The molecular weight excluding hydrogens is 488 g/mol. The lowest BCUT2D eigenvalue weighted by atomic mass is 10.0. The molecule has 1 aromatic rings. The summed E-state index contributed by atoms with van der Waals surface area (Å²) >= 11 is 0. The summed E-state index contributed by atoms with van der Waals surface area (Å²) in [6, 6.07) is 3.91. The second-order valence-electron chi connectivity index (χ2n) is 10.7. The molecule has 2 aliphatic heterocycles. The molecule has 1 aromatic carbocycles. The number of unbranched alkanes of at least 4 members (excludes halogenated alkanes) is 12. The summed E-state index contributed by atoms with van der Waals surface area (Å²) in [5.41, 5.74) is 0.198. The van der Waals surface area contributed by atoms with Crippen molar-refractivity contribution in [3.63, 3.8) is 0 Å². The fraction of sp³-hybridized carbons (Fsp3) is 0.667. The number of benzene rings is 1. The Morgan fingerprint density at radius 3 is 2.08 bits per heavy atom. The van der Waals surface area contributed by atoms with Crippen LogP contribution in [0, 0.1) is 0 Å². The Bertz CT molecular complexity index is 971. The molecule has 8 nitrogen and oxygen atoms in total. The first-order chi connectivity index (χ1) is 18.2. The number of carbonyl (C=O) groups is 2. The minimum Gasteiger partial charge on any atom is -0.508 e. The van der Waals surface area contributed by atoms with Crippen molar-refractivity contribution < 1.29 is 39.1 Å². The zero-order chi connectivity index (χ0) is 27.5. The molecule has 0 aliphatic carbocycles. The molecule has 3 N–H and O–H groups in total. The van der Waals surface area contributed by atoms with Gasteiger partial charge in [0.1, 0.15) is 23.4 Å². The van der Waals surface area contributed by atoms with Crippen molar-refractivity contribution in [2.24, 2.45) is 0 Å². The van der Waals surface area contributed by atoms with Crippen LogP contribution in [0.1, 0.15) is 116 Å². The molecule has 0 amide bonds. The van der Waals surface area contributed by atoms with E-state index in [0.29, 0.717) is 6.42 Å². The van der Waals surface area contributed by atoms with Crippen molar-refractivity contribution in [1.82, 2.24) is 0 Å². The van der Waals surface area contributed by atoms with Crippen LogP contribution in [-0.2, 0) is 29.6 Å². The lowest BCUT2D eigenvalue weighted by Crippen LogP contribution is -2.35. The zero-order valence-electron chi connectivity index (χ0n) is 22.9. The van der Waals surface area contributed by atoms with Gasteiger partial charge in [-0.2, -0.15) is 0 Å². The number of aliphatic hydroxyl groups excluding tert-OH is 1. The van der Waals surface area contributed by atoms with Crippen molar-refractivity contribution >= 4 is 11.8 Å². The van der Waals surface area contributed by atoms with E-state index in [-0.39, 0.29) is 40.8 Å². The minimum absolute atomic E-state index is 0.00577. The summed E-state index contributed by atoms with van der Waals surface area (Å²) < 4.78 is 16.7. The molecule has 0 saturated carbocycles. The predicted octanol–water partition coefficient (Wildman–Crippen LogP) is 6.26. The van der Waals surface area contributed by atoms with Crippen LogP contribution < -0.4 is 0 Å². The number of carbonyl (C=O) groups excluding carboxylic acids is 2. The molecule has 2 aliphatic rings. The quantitative estimate of drug-likeness (QED) is 0.150. The average molecular weight is 533 g/mol. The topological polar surface area (TPSA) is 123 Å². The first-order valence-corrected chi connectivity index (χ1v) is 14.3. The molecule has 38 heavy (non-hydrogen) atoms. The molecule has 3 rings (SSSR count). The highest BCUT2D eigenvalue weighted by Gasteiger charge is 2.54. The van der Waals surface area contributed by atoms with Gasteiger partial charge in [0, 0.05) is 25.8 Å². The van der Waals surface area contributed by atoms with Crippen LogP contribution in [0.5, 0.6) is 11.5 Å². The lowest BCUT2D eigenvalue weighted by molar-refractivity contribution is -0.188. The van der Waals surface area contributed by atoms with Crippen LogP contribution >= 0.6 is 0 Å². The maximum absolute atomic E-state index is 12.5. The Morgan fingerprint density at radius 1 is 0.921 bits per heavy atom. The lowest BCUT2D eigenvalue weighted by Gasteiger charge is -2.28. The third-order valence-corrected chi connectivity index (χ3v) is 7.32. The van der Waals surface area contributed by atoms with Crippen molar-refractivity contribution in [2.45, 2.75) is 128 Å². The summed E-state index contributed by atoms with van der Waals surface area (Å²) in [5, 5.41) is 30.4. The first kappa shape index (κ1) is 29.8. The molecule has 3 atom stereocenters. The number of Topliss-reactive ketones (excluding diaryl/α,β-unsaturated/α-hetero) is 1. The molecule has 0 spiro atoms. The molecule has 2 heterocycles. The van der Waals surface area contributed by atoms with E-state index in [2.05, 4.69) is 6.92 Å². The highest BCUT2D eigenvalue weighted by molar-refractivity contribution is 5.90. The van der Waals surface area contributed by atoms with Gasteiger partial charge in [-0.05, 0) is 18.6 Å². The molecule has 0 radical (unpaired) electrons. The summed E-state index contributed by atoms with van der Waals surface area (Å²) in [4.78, 5) is 24.8. The molecule has 8 heteroatoms. The second kappa shape index (κ2) is 14.4. The number of aromatic hydroxyl groups is 2. The van der Waals surface area contributed by atoms with Gasteiger partial charge in [0.05, 0.1) is 5.56 Å². The Balaban J connectivity index is 1.33.